The predicted molar refractivity (Wildman–Crippen MR) is 54.5 cm³/mol. The molecule has 1 N–H and O–H groups in total. The lowest BCUT2D eigenvalue weighted by Crippen LogP contribution is -2.22. The Bertz CT molecular complexity index is 147. The van der Waals surface area contributed by atoms with Crippen LogP contribution in [0.25, 0.3) is 0 Å². The van der Waals surface area contributed by atoms with Gasteiger partial charge in [0.05, 0.1) is 6.10 Å². The summed E-state index contributed by atoms with van der Waals surface area (Å²) in [4.78, 5) is 0. The van der Waals surface area contributed by atoms with Crippen molar-refractivity contribution in [2.45, 2.75) is 63.9 Å². The Balaban J connectivity index is 1.89. The predicted octanol–water partition coefficient (Wildman–Crippen LogP) is 3.12. The normalized spacial score (nSPS) is 37.6. The molecule has 1 heteroatoms. The zero-order valence-corrected chi connectivity index (χ0v) is 8.54. The molecule has 13 heavy (non-hydrogen) atoms. The summed E-state index contributed by atoms with van der Waals surface area (Å²) < 4.78 is 0. The van der Waals surface area contributed by atoms with E-state index in [4.69, 9.17) is 0 Å². The molecule has 2 saturated carbocycles. The van der Waals surface area contributed by atoms with E-state index >= 15 is 0 Å². The largest absolute Gasteiger partial charge is 0.393 e. The third-order valence-electron chi connectivity index (χ3n) is 4.04. The maximum atomic E-state index is 9.83. The smallest absolute Gasteiger partial charge is 0.0571 e. The summed E-state index contributed by atoms with van der Waals surface area (Å²) in [6.07, 6.45) is 12.1. The molecule has 2 atom stereocenters. The highest BCUT2D eigenvalue weighted by Crippen LogP contribution is 2.38. The fraction of sp³-hybridized carbons (Fsp3) is 1.00. The van der Waals surface area contributed by atoms with Crippen molar-refractivity contribution in [1.29, 1.82) is 0 Å². The average Bonchev–Trinajstić information content (AvgIpc) is 2.43. The van der Waals surface area contributed by atoms with Gasteiger partial charge in [-0.25, -0.2) is 0 Å². The summed E-state index contributed by atoms with van der Waals surface area (Å²) >= 11 is 0. The van der Waals surface area contributed by atoms with Crippen molar-refractivity contribution in [3.05, 3.63) is 0 Å². The molecule has 2 fully saturated rings. The van der Waals surface area contributed by atoms with Crippen LogP contribution in [0.3, 0.4) is 0 Å². The molecule has 0 aliphatic heterocycles. The lowest BCUT2D eigenvalue weighted by atomic mass is 9.84. The standard InChI is InChI=1S/C12H22O/c13-12-9-5-8-11(12)10-6-3-1-2-4-7-10/h10-13H,1-9H2/t11-,12+/m0/s1. The second-order valence-corrected chi connectivity index (χ2v) is 4.91. The maximum Gasteiger partial charge on any atom is 0.0571 e. The average molecular weight is 182 g/mol. The first-order chi connectivity index (χ1) is 6.38. The van der Waals surface area contributed by atoms with E-state index in [9.17, 15) is 5.11 Å². The van der Waals surface area contributed by atoms with Gasteiger partial charge in [-0.05, 0) is 24.7 Å². The van der Waals surface area contributed by atoms with Gasteiger partial charge in [-0.3, -0.25) is 0 Å². The maximum absolute atomic E-state index is 9.83. The molecule has 2 aliphatic rings. The van der Waals surface area contributed by atoms with Crippen LogP contribution in [0.4, 0.5) is 0 Å². The van der Waals surface area contributed by atoms with Gasteiger partial charge in [0.15, 0.2) is 0 Å². The first kappa shape index (κ1) is 9.51. The highest BCUT2D eigenvalue weighted by Gasteiger charge is 2.32. The van der Waals surface area contributed by atoms with Crippen LogP contribution in [-0.2, 0) is 0 Å². The first-order valence-electron chi connectivity index (χ1n) is 6.06. The number of aliphatic hydroxyl groups is 1. The Kier molecular flexibility index (Phi) is 3.26. The van der Waals surface area contributed by atoms with E-state index in [1.807, 2.05) is 0 Å². The van der Waals surface area contributed by atoms with Gasteiger partial charge in [-0.1, -0.05) is 44.9 Å². The highest BCUT2D eigenvalue weighted by molar-refractivity contribution is 4.83. The minimum atomic E-state index is 0.0445. The Morgan fingerprint density at radius 1 is 0.692 bits per heavy atom. The van der Waals surface area contributed by atoms with Crippen molar-refractivity contribution in [1.82, 2.24) is 0 Å². The molecule has 2 aliphatic carbocycles. The van der Waals surface area contributed by atoms with Crippen LogP contribution in [0, 0.1) is 11.8 Å². The van der Waals surface area contributed by atoms with E-state index in [0.717, 1.165) is 12.3 Å². The fourth-order valence-electron chi connectivity index (χ4n) is 3.26. The van der Waals surface area contributed by atoms with Crippen LogP contribution in [0.5, 0.6) is 0 Å². The molecular formula is C12H22O. The van der Waals surface area contributed by atoms with Crippen molar-refractivity contribution in [3.8, 4) is 0 Å². The van der Waals surface area contributed by atoms with Crippen molar-refractivity contribution >= 4 is 0 Å². The van der Waals surface area contributed by atoms with Crippen molar-refractivity contribution in [3.63, 3.8) is 0 Å². The van der Waals surface area contributed by atoms with Gasteiger partial charge in [0.25, 0.3) is 0 Å². The second kappa shape index (κ2) is 4.45. The van der Waals surface area contributed by atoms with Crippen LogP contribution < -0.4 is 0 Å². The lowest BCUT2D eigenvalue weighted by molar-refractivity contribution is 0.0920. The fourth-order valence-corrected chi connectivity index (χ4v) is 3.26. The van der Waals surface area contributed by atoms with Crippen molar-refractivity contribution in [2.75, 3.05) is 0 Å². The van der Waals surface area contributed by atoms with Gasteiger partial charge >= 0.3 is 0 Å². The van der Waals surface area contributed by atoms with E-state index in [-0.39, 0.29) is 6.10 Å². The summed E-state index contributed by atoms with van der Waals surface area (Å²) in [7, 11) is 0. The van der Waals surface area contributed by atoms with Gasteiger partial charge in [0.1, 0.15) is 0 Å². The van der Waals surface area contributed by atoms with E-state index in [1.54, 1.807) is 0 Å². The molecule has 0 saturated heterocycles. The molecular weight excluding hydrogens is 160 g/mol. The van der Waals surface area contributed by atoms with Crippen LogP contribution in [0.15, 0.2) is 0 Å². The number of hydrogen-bond acceptors (Lipinski definition) is 1. The zero-order valence-electron chi connectivity index (χ0n) is 8.54. The number of aliphatic hydroxyl groups excluding tert-OH is 1. The summed E-state index contributed by atoms with van der Waals surface area (Å²) in [5, 5.41) is 9.83. The molecule has 0 amide bonds. The topological polar surface area (TPSA) is 20.2 Å². The van der Waals surface area contributed by atoms with Crippen LogP contribution >= 0.6 is 0 Å². The quantitative estimate of drug-likeness (QED) is 0.618. The SMILES string of the molecule is O[C@@H]1CCC[C@H]1C1CCCCCC1. The Morgan fingerprint density at radius 3 is 1.92 bits per heavy atom. The molecule has 76 valence electrons. The minimum absolute atomic E-state index is 0.0445. The zero-order chi connectivity index (χ0) is 9.10. The van der Waals surface area contributed by atoms with Gasteiger partial charge in [0.2, 0.25) is 0 Å². The third kappa shape index (κ3) is 2.25. The molecule has 0 spiro atoms. The van der Waals surface area contributed by atoms with Gasteiger partial charge in [0, 0.05) is 0 Å². The van der Waals surface area contributed by atoms with Gasteiger partial charge in [-0.15, -0.1) is 0 Å². The van der Waals surface area contributed by atoms with Crippen molar-refractivity contribution in [2.24, 2.45) is 11.8 Å². The van der Waals surface area contributed by atoms with E-state index in [0.29, 0.717) is 5.92 Å². The minimum Gasteiger partial charge on any atom is -0.393 e. The monoisotopic (exact) mass is 182 g/mol. The Morgan fingerprint density at radius 2 is 1.38 bits per heavy atom. The summed E-state index contributed by atoms with van der Waals surface area (Å²) in [6.45, 7) is 0. The van der Waals surface area contributed by atoms with Crippen LogP contribution in [-0.4, -0.2) is 11.2 Å². The van der Waals surface area contributed by atoms with E-state index in [2.05, 4.69) is 0 Å². The molecule has 1 nitrogen and oxygen atoms in total. The molecule has 0 unspecified atom stereocenters. The van der Waals surface area contributed by atoms with Crippen LogP contribution in [0.2, 0.25) is 0 Å². The first-order valence-corrected chi connectivity index (χ1v) is 6.06. The summed E-state index contributed by atoms with van der Waals surface area (Å²) in [5.41, 5.74) is 0. The number of hydrogen-bond donors (Lipinski definition) is 1. The van der Waals surface area contributed by atoms with Crippen molar-refractivity contribution < 1.29 is 5.11 Å². The molecule has 0 aromatic heterocycles. The Labute approximate surface area is 81.5 Å². The Hall–Kier alpha value is -0.0400. The van der Waals surface area contributed by atoms with Gasteiger partial charge in [-0.2, -0.15) is 0 Å². The summed E-state index contributed by atoms with van der Waals surface area (Å²) in [5.74, 6) is 1.53. The van der Waals surface area contributed by atoms with Gasteiger partial charge < -0.3 is 5.11 Å². The summed E-state index contributed by atoms with van der Waals surface area (Å²) in [6, 6.07) is 0. The molecule has 0 aromatic rings. The number of rotatable bonds is 1. The second-order valence-electron chi connectivity index (χ2n) is 4.91. The van der Waals surface area contributed by atoms with E-state index < -0.39 is 0 Å². The third-order valence-corrected chi connectivity index (χ3v) is 4.04. The molecule has 0 heterocycles. The van der Waals surface area contributed by atoms with E-state index in [1.165, 1.54) is 51.4 Å². The lowest BCUT2D eigenvalue weighted by Gasteiger charge is -2.24. The highest BCUT2D eigenvalue weighted by atomic mass is 16.3. The van der Waals surface area contributed by atoms with Crippen LogP contribution in [0.1, 0.15) is 57.8 Å². The molecule has 2 rings (SSSR count). The molecule has 0 aromatic carbocycles. The molecule has 0 bridgehead atoms. The molecule has 0 radical (unpaired) electrons.